The molecule has 1 amide bonds. The van der Waals surface area contributed by atoms with Gasteiger partial charge in [0.05, 0.1) is 23.6 Å². The maximum absolute atomic E-state index is 12.3. The van der Waals surface area contributed by atoms with Crippen molar-refractivity contribution in [2.24, 2.45) is 0 Å². The second-order valence-corrected chi connectivity index (χ2v) is 7.39. The van der Waals surface area contributed by atoms with Crippen LogP contribution in [0, 0.1) is 0 Å². The van der Waals surface area contributed by atoms with E-state index < -0.39 is 0 Å². The van der Waals surface area contributed by atoms with Crippen LogP contribution < -0.4 is 5.32 Å². The second kappa shape index (κ2) is 7.40. The Kier molecular flexibility index (Phi) is 4.81. The number of para-hydroxylation sites is 1. The molecule has 0 aliphatic carbocycles. The van der Waals surface area contributed by atoms with Gasteiger partial charge in [-0.2, -0.15) is 0 Å². The van der Waals surface area contributed by atoms with Crippen LogP contribution in [0.15, 0.2) is 52.2 Å². The molecule has 0 radical (unpaired) electrons. The van der Waals surface area contributed by atoms with Crippen LogP contribution in [0.25, 0.3) is 22.1 Å². The molecule has 0 unspecified atom stereocenters. The Balaban J connectivity index is 1.55. The van der Waals surface area contributed by atoms with Gasteiger partial charge >= 0.3 is 0 Å². The molecule has 0 saturated carbocycles. The fourth-order valence-electron chi connectivity index (χ4n) is 3.00. The number of aryl methyl sites for hydroxylation is 1. The average molecular weight is 381 g/mol. The third-order valence-corrected chi connectivity index (χ3v) is 5.29. The lowest BCUT2D eigenvalue weighted by Crippen LogP contribution is -2.30. The van der Waals surface area contributed by atoms with Crippen molar-refractivity contribution in [2.45, 2.75) is 37.3 Å². The molecule has 27 heavy (non-hydrogen) atoms. The zero-order valence-corrected chi connectivity index (χ0v) is 15.9. The SMILES string of the molecule is CCn1c2ccccc2c2nnc(S[C@H](C)C(=O)NCc3ccco3)nc21. The van der Waals surface area contributed by atoms with Crippen LogP contribution in [0.5, 0.6) is 0 Å². The van der Waals surface area contributed by atoms with Gasteiger partial charge in [0.25, 0.3) is 0 Å². The van der Waals surface area contributed by atoms with E-state index in [1.54, 1.807) is 12.3 Å². The van der Waals surface area contributed by atoms with Crippen LogP contribution in [-0.4, -0.2) is 30.9 Å². The number of aromatic nitrogens is 4. The van der Waals surface area contributed by atoms with Crippen molar-refractivity contribution in [3.63, 3.8) is 0 Å². The molecule has 4 aromatic rings. The predicted molar refractivity (Wildman–Crippen MR) is 104 cm³/mol. The number of benzene rings is 1. The minimum atomic E-state index is -0.348. The molecule has 0 fully saturated rings. The van der Waals surface area contributed by atoms with Gasteiger partial charge in [-0.05, 0) is 32.0 Å². The van der Waals surface area contributed by atoms with Crippen molar-refractivity contribution >= 4 is 39.7 Å². The molecular weight excluding hydrogens is 362 g/mol. The second-order valence-electron chi connectivity index (χ2n) is 6.09. The normalized spacial score (nSPS) is 12.5. The molecule has 0 spiro atoms. The lowest BCUT2D eigenvalue weighted by molar-refractivity contribution is -0.120. The van der Waals surface area contributed by atoms with Crippen LogP contribution >= 0.6 is 11.8 Å². The topological polar surface area (TPSA) is 85.8 Å². The number of thioether (sulfide) groups is 1. The summed E-state index contributed by atoms with van der Waals surface area (Å²) in [6, 6.07) is 11.7. The van der Waals surface area contributed by atoms with Gasteiger partial charge in [0.1, 0.15) is 11.3 Å². The molecule has 0 bridgehead atoms. The maximum Gasteiger partial charge on any atom is 0.233 e. The highest BCUT2D eigenvalue weighted by Crippen LogP contribution is 2.28. The van der Waals surface area contributed by atoms with E-state index in [0.29, 0.717) is 17.5 Å². The van der Waals surface area contributed by atoms with Crippen LogP contribution in [0.4, 0.5) is 0 Å². The molecule has 8 heteroatoms. The molecule has 1 atom stereocenters. The molecule has 7 nitrogen and oxygen atoms in total. The molecule has 138 valence electrons. The zero-order chi connectivity index (χ0) is 18.8. The van der Waals surface area contributed by atoms with E-state index in [1.807, 2.05) is 31.2 Å². The highest BCUT2D eigenvalue weighted by atomic mass is 32.2. The van der Waals surface area contributed by atoms with E-state index in [9.17, 15) is 4.79 Å². The Morgan fingerprint density at radius 3 is 2.89 bits per heavy atom. The molecule has 4 rings (SSSR count). The standard InChI is InChI=1S/C19H19N5O2S/c1-3-24-15-9-5-4-8-14(15)16-17(24)21-19(23-22-16)27-12(2)18(25)20-11-13-7-6-10-26-13/h4-10,12H,3,11H2,1-2H3,(H,20,25)/t12-/m1/s1. The first kappa shape index (κ1) is 17.5. The number of amides is 1. The van der Waals surface area contributed by atoms with Gasteiger partial charge in [0, 0.05) is 11.9 Å². The smallest absolute Gasteiger partial charge is 0.233 e. The van der Waals surface area contributed by atoms with E-state index >= 15 is 0 Å². The maximum atomic E-state index is 12.3. The summed E-state index contributed by atoms with van der Waals surface area (Å²) in [6.45, 7) is 5.04. The van der Waals surface area contributed by atoms with Crippen molar-refractivity contribution in [3.05, 3.63) is 48.4 Å². The molecule has 0 aliphatic heterocycles. The summed E-state index contributed by atoms with van der Waals surface area (Å²) >= 11 is 1.29. The predicted octanol–water partition coefficient (Wildman–Crippen LogP) is 3.39. The highest BCUT2D eigenvalue weighted by Gasteiger charge is 2.19. The van der Waals surface area contributed by atoms with E-state index in [-0.39, 0.29) is 11.2 Å². The number of fused-ring (bicyclic) bond motifs is 3. The Labute approximate surface area is 160 Å². The van der Waals surface area contributed by atoms with Crippen LogP contribution in [-0.2, 0) is 17.9 Å². The molecule has 3 aromatic heterocycles. The van der Waals surface area contributed by atoms with Crippen molar-refractivity contribution < 1.29 is 9.21 Å². The number of furan rings is 1. The molecule has 0 saturated heterocycles. The summed E-state index contributed by atoms with van der Waals surface area (Å²) in [5, 5.41) is 12.6. The van der Waals surface area contributed by atoms with Gasteiger partial charge in [-0.1, -0.05) is 30.0 Å². The highest BCUT2D eigenvalue weighted by molar-refractivity contribution is 8.00. The van der Waals surface area contributed by atoms with E-state index in [4.69, 9.17) is 4.42 Å². The van der Waals surface area contributed by atoms with Crippen LogP contribution in [0.2, 0.25) is 0 Å². The average Bonchev–Trinajstić information content (AvgIpc) is 3.31. The fraction of sp³-hybridized carbons (Fsp3) is 0.263. The van der Waals surface area contributed by atoms with Gasteiger partial charge in [-0.15, -0.1) is 10.2 Å². The quantitative estimate of drug-likeness (QED) is 0.515. The van der Waals surface area contributed by atoms with Gasteiger partial charge < -0.3 is 14.3 Å². The number of nitrogens with zero attached hydrogens (tertiary/aromatic N) is 4. The third kappa shape index (κ3) is 3.40. The number of carbonyl (C=O) groups excluding carboxylic acids is 1. The first-order valence-electron chi connectivity index (χ1n) is 8.75. The van der Waals surface area contributed by atoms with Gasteiger partial charge in [0.2, 0.25) is 11.1 Å². The van der Waals surface area contributed by atoms with Crippen LogP contribution in [0.3, 0.4) is 0 Å². The van der Waals surface area contributed by atoms with Gasteiger partial charge in [0.15, 0.2) is 5.65 Å². The summed E-state index contributed by atoms with van der Waals surface area (Å²) in [5.41, 5.74) is 2.66. The third-order valence-electron chi connectivity index (χ3n) is 4.34. The Morgan fingerprint density at radius 1 is 1.26 bits per heavy atom. The van der Waals surface area contributed by atoms with Gasteiger partial charge in [-0.3, -0.25) is 4.79 Å². The number of carbonyl (C=O) groups is 1. The number of hydrogen-bond donors (Lipinski definition) is 1. The number of nitrogens with one attached hydrogen (secondary N) is 1. The number of hydrogen-bond acceptors (Lipinski definition) is 6. The fourth-order valence-corrected chi connectivity index (χ4v) is 3.74. The Morgan fingerprint density at radius 2 is 2.11 bits per heavy atom. The monoisotopic (exact) mass is 381 g/mol. The number of rotatable bonds is 6. The minimum absolute atomic E-state index is 0.101. The lowest BCUT2D eigenvalue weighted by atomic mass is 10.2. The molecular formula is C19H19N5O2S. The van der Waals surface area contributed by atoms with Crippen molar-refractivity contribution in [1.29, 1.82) is 0 Å². The van der Waals surface area contributed by atoms with E-state index in [0.717, 1.165) is 28.6 Å². The summed E-state index contributed by atoms with van der Waals surface area (Å²) in [4.78, 5) is 17.0. The van der Waals surface area contributed by atoms with Crippen molar-refractivity contribution in [2.75, 3.05) is 0 Å². The van der Waals surface area contributed by atoms with E-state index in [1.165, 1.54) is 11.8 Å². The first-order valence-corrected chi connectivity index (χ1v) is 9.63. The molecule has 0 aliphatic rings. The molecule has 1 aromatic carbocycles. The summed E-state index contributed by atoms with van der Waals surface area (Å²) in [5.74, 6) is 0.614. The minimum Gasteiger partial charge on any atom is -0.467 e. The van der Waals surface area contributed by atoms with Crippen LogP contribution in [0.1, 0.15) is 19.6 Å². The first-order chi connectivity index (χ1) is 13.2. The Bertz CT molecular complexity index is 1090. The summed E-state index contributed by atoms with van der Waals surface area (Å²) < 4.78 is 7.34. The Hall–Kier alpha value is -2.87. The molecule has 3 heterocycles. The lowest BCUT2D eigenvalue weighted by Gasteiger charge is -2.10. The summed E-state index contributed by atoms with van der Waals surface area (Å²) in [6.07, 6.45) is 1.58. The van der Waals surface area contributed by atoms with Gasteiger partial charge in [-0.25, -0.2) is 4.98 Å². The van der Waals surface area contributed by atoms with Crippen molar-refractivity contribution in [1.82, 2.24) is 25.1 Å². The van der Waals surface area contributed by atoms with Crippen molar-refractivity contribution in [3.8, 4) is 0 Å². The zero-order valence-electron chi connectivity index (χ0n) is 15.0. The largest absolute Gasteiger partial charge is 0.467 e. The summed E-state index contributed by atoms with van der Waals surface area (Å²) in [7, 11) is 0. The molecule has 1 N–H and O–H groups in total. The van der Waals surface area contributed by atoms with E-state index in [2.05, 4.69) is 38.1 Å².